The standard InChI is InChI=1S/C15H20N4O/c1-12(11-19-9-5-8-17-19)18-15(20)14(16)10-13-6-3-2-4-7-13/h2-9,12,14H,10-11,16H2,1H3,(H,18,20)/t12?,14-/m1/s1. The van der Waals surface area contributed by atoms with E-state index in [1.165, 1.54) is 0 Å². The third kappa shape index (κ3) is 4.20. The molecule has 0 bridgehead atoms. The first-order valence-corrected chi connectivity index (χ1v) is 6.72. The number of nitrogens with zero attached hydrogens (tertiary/aromatic N) is 2. The van der Waals surface area contributed by atoms with Crippen molar-refractivity contribution in [3.8, 4) is 0 Å². The number of nitrogens with two attached hydrogens (primary N) is 1. The number of aromatic nitrogens is 2. The van der Waals surface area contributed by atoms with E-state index in [4.69, 9.17) is 5.73 Å². The Labute approximate surface area is 118 Å². The van der Waals surface area contributed by atoms with E-state index in [1.807, 2.05) is 49.5 Å². The van der Waals surface area contributed by atoms with E-state index in [0.717, 1.165) is 5.56 Å². The van der Waals surface area contributed by atoms with Crippen LogP contribution in [0.3, 0.4) is 0 Å². The maximum Gasteiger partial charge on any atom is 0.237 e. The zero-order chi connectivity index (χ0) is 14.4. The van der Waals surface area contributed by atoms with Crippen LogP contribution in [-0.4, -0.2) is 27.8 Å². The van der Waals surface area contributed by atoms with Gasteiger partial charge in [0.05, 0.1) is 12.6 Å². The molecule has 1 aromatic heterocycles. The molecule has 1 heterocycles. The average molecular weight is 272 g/mol. The summed E-state index contributed by atoms with van der Waals surface area (Å²) in [7, 11) is 0. The first-order chi connectivity index (χ1) is 9.65. The molecule has 0 saturated carbocycles. The highest BCUT2D eigenvalue weighted by Crippen LogP contribution is 2.02. The molecule has 2 aromatic rings. The third-order valence-electron chi connectivity index (χ3n) is 3.04. The maximum absolute atomic E-state index is 12.0. The van der Waals surface area contributed by atoms with Crippen LogP contribution in [0.15, 0.2) is 48.8 Å². The van der Waals surface area contributed by atoms with Gasteiger partial charge >= 0.3 is 0 Å². The lowest BCUT2D eigenvalue weighted by Gasteiger charge is -2.17. The number of benzene rings is 1. The van der Waals surface area contributed by atoms with Crippen molar-refractivity contribution in [3.05, 3.63) is 54.4 Å². The van der Waals surface area contributed by atoms with Crippen LogP contribution in [0, 0.1) is 0 Å². The number of nitrogens with one attached hydrogen (secondary N) is 1. The van der Waals surface area contributed by atoms with Crippen molar-refractivity contribution in [2.45, 2.75) is 32.0 Å². The van der Waals surface area contributed by atoms with E-state index >= 15 is 0 Å². The molecule has 1 unspecified atom stereocenters. The summed E-state index contributed by atoms with van der Waals surface area (Å²) in [6.07, 6.45) is 4.13. The Balaban J connectivity index is 1.81. The van der Waals surface area contributed by atoms with Crippen molar-refractivity contribution in [1.82, 2.24) is 15.1 Å². The second-order valence-corrected chi connectivity index (χ2v) is 4.93. The molecule has 0 aliphatic carbocycles. The highest BCUT2D eigenvalue weighted by molar-refractivity contribution is 5.82. The van der Waals surface area contributed by atoms with E-state index in [-0.39, 0.29) is 11.9 Å². The van der Waals surface area contributed by atoms with Crippen LogP contribution in [-0.2, 0) is 17.8 Å². The molecular weight excluding hydrogens is 252 g/mol. The zero-order valence-corrected chi connectivity index (χ0v) is 11.6. The van der Waals surface area contributed by atoms with Crippen molar-refractivity contribution in [2.24, 2.45) is 5.73 Å². The SMILES string of the molecule is CC(Cn1cccn1)NC(=O)[C@H](N)Cc1ccccc1. The fourth-order valence-electron chi connectivity index (χ4n) is 2.05. The molecule has 2 rings (SSSR count). The van der Waals surface area contributed by atoms with Crippen LogP contribution in [0.2, 0.25) is 0 Å². The second-order valence-electron chi connectivity index (χ2n) is 4.93. The van der Waals surface area contributed by atoms with E-state index in [1.54, 1.807) is 10.9 Å². The van der Waals surface area contributed by atoms with Gasteiger partial charge in [-0.15, -0.1) is 0 Å². The molecule has 106 valence electrons. The van der Waals surface area contributed by atoms with Crippen molar-refractivity contribution in [3.63, 3.8) is 0 Å². The van der Waals surface area contributed by atoms with E-state index in [9.17, 15) is 4.79 Å². The Bertz CT molecular complexity index is 524. The van der Waals surface area contributed by atoms with E-state index in [2.05, 4.69) is 10.4 Å². The zero-order valence-electron chi connectivity index (χ0n) is 11.6. The van der Waals surface area contributed by atoms with Crippen LogP contribution in [0.1, 0.15) is 12.5 Å². The molecule has 20 heavy (non-hydrogen) atoms. The fraction of sp³-hybridized carbons (Fsp3) is 0.333. The molecule has 0 aliphatic rings. The van der Waals surface area contributed by atoms with Crippen molar-refractivity contribution < 1.29 is 4.79 Å². The van der Waals surface area contributed by atoms with Gasteiger partial charge in [0, 0.05) is 18.4 Å². The molecule has 0 saturated heterocycles. The first kappa shape index (κ1) is 14.3. The van der Waals surface area contributed by atoms with E-state index in [0.29, 0.717) is 13.0 Å². The quantitative estimate of drug-likeness (QED) is 0.822. The Morgan fingerprint density at radius 1 is 1.35 bits per heavy atom. The summed E-state index contributed by atoms with van der Waals surface area (Å²) in [4.78, 5) is 12.0. The fourth-order valence-corrected chi connectivity index (χ4v) is 2.05. The first-order valence-electron chi connectivity index (χ1n) is 6.72. The molecule has 1 amide bonds. The summed E-state index contributed by atoms with van der Waals surface area (Å²) in [6, 6.07) is 11.1. The third-order valence-corrected chi connectivity index (χ3v) is 3.04. The highest BCUT2D eigenvalue weighted by atomic mass is 16.2. The largest absolute Gasteiger partial charge is 0.350 e. The summed E-state index contributed by atoms with van der Waals surface area (Å²) in [5, 5.41) is 7.02. The molecule has 1 aromatic carbocycles. The molecule has 3 N–H and O–H groups in total. The number of rotatable bonds is 6. The summed E-state index contributed by atoms with van der Waals surface area (Å²) >= 11 is 0. The number of carbonyl (C=O) groups excluding carboxylic acids is 1. The van der Waals surface area contributed by atoms with Gasteiger partial charge in [-0.25, -0.2) is 0 Å². The van der Waals surface area contributed by atoms with Gasteiger partial charge in [0.25, 0.3) is 0 Å². The monoisotopic (exact) mass is 272 g/mol. The number of hydrogen-bond donors (Lipinski definition) is 2. The molecule has 5 nitrogen and oxygen atoms in total. The molecule has 0 aliphatic heterocycles. The molecule has 5 heteroatoms. The van der Waals surface area contributed by atoms with Crippen LogP contribution >= 0.6 is 0 Å². The summed E-state index contributed by atoms with van der Waals surface area (Å²) in [6.45, 7) is 2.58. The molecule has 0 radical (unpaired) electrons. The van der Waals surface area contributed by atoms with E-state index < -0.39 is 6.04 Å². The smallest absolute Gasteiger partial charge is 0.237 e. The Kier molecular flexibility index (Phi) is 4.90. The highest BCUT2D eigenvalue weighted by Gasteiger charge is 2.16. The van der Waals surface area contributed by atoms with Gasteiger partial charge in [0.2, 0.25) is 5.91 Å². The molecule has 0 fully saturated rings. The predicted molar refractivity (Wildman–Crippen MR) is 78.0 cm³/mol. The number of amides is 1. The topological polar surface area (TPSA) is 72.9 Å². The van der Waals surface area contributed by atoms with Gasteiger partial charge in [-0.05, 0) is 25.0 Å². The minimum Gasteiger partial charge on any atom is -0.350 e. The normalized spacial score (nSPS) is 13.7. The van der Waals surface area contributed by atoms with Gasteiger partial charge < -0.3 is 11.1 Å². The van der Waals surface area contributed by atoms with Gasteiger partial charge in [-0.1, -0.05) is 30.3 Å². The Hall–Kier alpha value is -2.14. The minimum atomic E-state index is -0.530. The lowest BCUT2D eigenvalue weighted by molar-refractivity contribution is -0.123. The van der Waals surface area contributed by atoms with Crippen LogP contribution in [0.25, 0.3) is 0 Å². The maximum atomic E-state index is 12.0. The van der Waals surface area contributed by atoms with Crippen molar-refractivity contribution >= 4 is 5.91 Å². The van der Waals surface area contributed by atoms with Crippen molar-refractivity contribution in [1.29, 1.82) is 0 Å². The minimum absolute atomic E-state index is 0.00998. The lowest BCUT2D eigenvalue weighted by Crippen LogP contribution is -2.46. The lowest BCUT2D eigenvalue weighted by atomic mass is 10.1. The Morgan fingerprint density at radius 3 is 2.75 bits per heavy atom. The predicted octanol–water partition coefficient (Wildman–Crippen LogP) is 0.958. The van der Waals surface area contributed by atoms with Gasteiger partial charge in [-0.2, -0.15) is 5.10 Å². The van der Waals surface area contributed by atoms with Crippen LogP contribution < -0.4 is 11.1 Å². The summed E-state index contributed by atoms with van der Waals surface area (Å²) < 4.78 is 1.79. The summed E-state index contributed by atoms with van der Waals surface area (Å²) in [5.74, 6) is -0.131. The van der Waals surface area contributed by atoms with Crippen LogP contribution in [0.4, 0.5) is 0 Å². The Morgan fingerprint density at radius 2 is 2.10 bits per heavy atom. The van der Waals surface area contributed by atoms with Gasteiger partial charge in [0.1, 0.15) is 0 Å². The van der Waals surface area contributed by atoms with Gasteiger partial charge in [-0.3, -0.25) is 9.48 Å². The van der Waals surface area contributed by atoms with Crippen molar-refractivity contribution in [2.75, 3.05) is 0 Å². The second kappa shape index (κ2) is 6.86. The molecule has 2 atom stereocenters. The molecule has 0 spiro atoms. The number of hydrogen-bond acceptors (Lipinski definition) is 3. The number of carbonyl (C=O) groups is 1. The van der Waals surface area contributed by atoms with Crippen LogP contribution in [0.5, 0.6) is 0 Å². The average Bonchev–Trinajstić information content (AvgIpc) is 2.92. The molecular formula is C15H20N4O. The summed E-state index contributed by atoms with van der Waals surface area (Å²) in [5.41, 5.74) is 7.00. The van der Waals surface area contributed by atoms with Gasteiger partial charge in [0.15, 0.2) is 0 Å².